The summed E-state index contributed by atoms with van der Waals surface area (Å²) in [4.78, 5) is 2.27. The second-order valence-electron chi connectivity index (χ2n) is 5.13. The van der Waals surface area contributed by atoms with E-state index in [1.807, 2.05) is 0 Å². The third kappa shape index (κ3) is 7.36. The highest BCUT2D eigenvalue weighted by Crippen LogP contribution is 2.35. The SMILES string of the molecule is CN(C)CC(C)(I)CC(C)(C)CI. The molecule has 13 heavy (non-hydrogen) atoms. The van der Waals surface area contributed by atoms with E-state index in [1.165, 1.54) is 10.8 Å². The van der Waals surface area contributed by atoms with Gasteiger partial charge >= 0.3 is 0 Å². The van der Waals surface area contributed by atoms with Crippen molar-refractivity contribution in [1.29, 1.82) is 0 Å². The summed E-state index contributed by atoms with van der Waals surface area (Å²) in [6, 6.07) is 0. The quantitative estimate of drug-likeness (QED) is 0.496. The highest BCUT2D eigenvalue weighted by molar-refractivity contribution is 14.1. The van der Waals surface area contributed by atoms with Gasteiger partial charge in [-0.25, -0.2) is 0 Å². The zero-order chi connectivity index (χ0) is 10.7. The number of nitrogens with zero attached hydrogens (tertiary/aromatic N) is 1. The molecule has 0 aliphatic heterocycles. The molecule has 0 fully saturated rings. The normalized spacial score (nSPS) is 17.5. The van der Waals surface area contributed by atoms with Crippen molar-refractivity contribution in [3.8, 4) is 0 Å². The Hall–Kier alpha value is 1.42. The molecule has 0 aliphatic carbocycles. The molecule has 80 valence electrons. The first kappa shape index (κ1) is 14.4. The van der Waals surface area contributed by atoms with Crippen LogP contribution in [0.5, 0.6) is 0 Å². The van der Waals surface area contributed by atoms with Crippen molar-refractivity contribution in [3.63, 3.8) is 0 Å². The molecule has 0 aromatic heterocycles. The summed E-state index contributed by atoms with van der Waals surface area (Å²) in [5.41, 5.74) is 0.465. The highest BCUT2D eigenvalue weighted by atomic mass is 127. The van der Waals surface area contributed by atoms with Crippen molar-refractivity contribution in [2.45, 2.75) is 30.6 Å². The van der Waals surface area contributed by atoms with Gasteiger partial charge in [0.2, 0.25) is 0 Å². The Morgan fingerprint density at radius 2 is 1.62 bits per heavy atom. The fourth-order valence-corrected chi connectivity index (χ4v) is 3.74. The highest BCUT2D eigenvalue weighted by Gasteiger charge is 2.29. The van der Waals surface area contributed by atoms with Gasteiger partial charge in [0.25, 0.3) is 0 Å². The van der Waals surface area contributed by atoms with Crippen LogP contribution in [0.4, 0.5) is 0 Å². The Morgan fingerprint density at radius 3 is 1.92 bits per heavy atom. The summed E-state index contributed by atoms with van der Waals surface area (Å²) in [7, 11) is 4.29. The third-order valence-corrected chi connectivity index (χ3v) is 4.64. The van der Waals surface area contributed by atoms with Crippen molar-refractivity contribution in [3.05, 3.63) is 0 Å². The van der Waals surface area contributed by atoms with Crippen LogP contribution in [0.15, 0.2) is 0 Å². The maximum absolute atomic E-state index is 2.59. The zero-order valence-corrected chi connectivity index (χ0v) is 13.6. The minimum Gasteiger partial charge on any atom is -0.308 e. The van der Waals surface area contributed by atoms with E-state index < -0.39 is 0 Å². The molecule has 0 N–H and O–H groups in total. The molecule has 1 nitrogen and oxygen atoms in total. The Kier molecular flexibility index (Phi) is 6.09. The maximum atomic E-state index is 2.59. The number of rotatable bonds is 5. The van der Waals surface area contributed by atoms with Gasteiger partial charge in [0.05, 0.1) is 0 Å². The first-order valence-corrected chi connectivity index (χ1v) is 7.19. The van der Waals surface area contributed by atoms with Crippen LogP contribution in [0.1, 0.15) is 27.2 Å². The van der Waals surface area contributed by atoms with E-state index >= 15 is 0 Å². The van der Waals surface area contributed by atoms with Crippen LogP contribution in [0.25, 0.3) is 0 Å². The van der Waals surface area contributed by atoms with E-state index in [-0.39, 0.29) is 0 Å². The van der Waals surface area contributed by atoms with Crippen LogP contribution >= 0.6 is 45.2 Å². The largest absolute Gasteiger partial charge is 0.308 e. The lowest BCUT2D eigenvalue weighted by Crippen LogP contribution is -2.36. The van der Waals surface area contributed by atoms with Crippen molar-refractivity contribution >= 4 is 45.2 Å². The molecular formula is C10H21I2N. The van der Waals surface area contributed by atoms with Gasteiger partial charge in [-0.2, -0.15) is 0 Å². The molecule has 0 saturated heterocycles. The Morgan fingerprint density at radius 1 is 1.15 bits per heavy atom. The Balaban J connectivity index is 4.16. The van der Waals surface area contributed by atoms with Gasteiger partial charge in [-0.05, 0) is 32.9 Å². The molecule has 0 rings (SSSR count). The number of hydrogen-bond acceptors (Lipinski definition) is 1. The molecule has 0 radical (unpaired) electrons. The van der Waals surface area contributed by atoms with Gasteiger partial charge < -0.3 is 4.90 Å². The van der Waals surface area contributed by atoms with Gasteiger partial charge in [0.15, 0.2) is 0 Å². The third-order valence-electron chi connectivity index (χ3n) is 1.85. The standard InChI is InChI=1S/C10H21I2N/c1-9(2,7-11)6-10(3,12)8-13(4)5/h6-8H2,1-5H3. The smallest absolute Gasteiger partial charge is 0.0326 e. The maximum Gasteiger partial charge on any atom is 0.0326 e. The van der Waals surface area contributed by atoms with Crippen LogP contribution in [-0.4, -0.2) is 33.4 Å². The van der Waals surface area contributed by atoms with E-state index in [1.54, 1.807) is 0 Å². The van der Waals surface area contributed by atoms with Crippen molar-refractivity contribution in [1.82, 2.24) is 4.90 Å². The average molecular weight is 409 g/mol. The van der Waals surface area contributed by atoms with E-state index in [9.17, 15) is 0 Å². The van der Waals surface area contributed by atoms with Crippen LogP contribution in [0.3, 0.4) is 0 Å². The fraction of sp³-hybridized carbons (Fsp3) is 1.00. The Labute approximate surface area is 110 Å². The molecule has 0 aliphatic rings. The van der Waals surface area contributed by atoms with Gasteiger partial charge in [-0.3, -0.25) is 0 Å². The molecule has 0 saturated carbocycles. The molecule has 0 aromatic carbocycles. The fourth-order valence-electron chi connectivity index (χ4n) is 1.76. The molecule has 1 unspecified atom stereocenters. The topological polar surface area (TPSA) is 3.24 Å². The summed E-state index contributed by atoms with van der Waals surface area (Å²) in [5.74, 6) is 0. The summed E-state index contributed by atoms with van der Waals surface area (Å²) in [6.45, 7) is 8.22. The van der Waals surface area contributed by atoms with Crippen molar-refractivity contribution in [2.24, 2.45) is 5.41 Å². The minimum absolute atomic E-state index is 0.399. The molecule has 0 aromatic rings. The number of alkyl halides is 2. The molecule has 0 spiro atoms. The molecule has 0 bridgehead atoms. The van der Waals surface area contributed by atoms with Crippen LogP contribution < -0.4 is 0 Å². The molecule has 0 heterocycles. The van der Waals surface area contributed by atoms with E-state index in [0.29, 0.717) is 8.84 Å². The summed E-state index contributed by atoms with van der Waals surface area (Å²) in [5, 5.41) is 0. The van der Waals surface area contributed by atoms with Gasteiger partial charge in [0, 0.05) is 14.4 Å². The zero-order valence-electron chi connectivity index (χ0n) is 9.32. The monoisotopic (exact) mass is 409 g/mol. The number of hydrogen-bond donors (Lipinski definition) is 0. The predicted octanol–water partition coefficient (Wildman–Crippen LogP) is 3.59. The van der Waals surface area contributed by atoms with Crippen molar-refractivity contribution in [2.75, 3.05) is 25.1 Å². The first-order valence-electron chi connectivity index (χ1n) is 4.58. The van der Waals surface area contributed by atoms with Crippen LogP contribution in [-0.2, 0) is 0 Å². The van der Waals surface area contributed by atoms with Gasteiger partial charge in [0.1, 0.15) is 0 Å². The molecule has 3 heteroatoms. The van der Waals surface area contributed by atoms with E-state index in [4.69, 9.17) is 0 Å². The predicted molar refractivity (Wildman–Crippen MR) is 78.3 cm³/mol. The molecule has 1 atom stereocenters. The van der Waals surface area contributed by atoms with Crippen LogP contribution in [0, 0.1) is 5.41 Å². The molecular weight excluding hydrogens is 388 g/mol. The minimum atomic E-state index is 0.399. The van der Waals surface area contributed by atoms with Crippen LogP contribution in [0.2, 0.25) is 0 Å². The average Bonchev–Trinajstić information content (AvgIpc) is 1.81. The second kappa shape index (κ2) is 5.49. The lowest BCUT2D eigenvalue weighted by atomic mass is 9.85. The number of halogens is 2. The summed E-state index contributed by atoms with van der Waals surface area (Å²) >= 11 is 5.08. The first-order chi connectivity index (χ1) is 5.68. The second-order valence-corrected chi connectivity index (χ2v) is 8.49. The Bertz CT molecular complexity index is 153. The summed E-state index contributed by atoms with van der Waals surface area (Å²) in [6.07, 6.45) is 1.28. The van der Waals surface area contributed by atoms with E-state index in [2.05, 4.69) is 84.9 Å². The van der Waals surface area contributed by atoms with Crippen molar-refractivity contribution < 1.29 is 0 Å². The van der Waals surface area contributed by atoms with E-state index in [0.717, 1.165) is 6.54 Å². The van der Waals surface area contributed by atoms with Gasteiger partial charge in [-0.15, -0.1) is 0 Å². The molecule has 0 amide bonds. The lowest BCUT2D eigenvalue weighted by molar-refractivity contribution is 0.292. The summed E-state index contributed by atoms with van der Waals surface area (Å²) < 4.78 is 1.63. The van der Waals surface area contributed by atoms with Gasteiger partial charge in [-0.1, -0.05) is 59.0 Å². The lowest BCUT2D eigenvalue weighted by Gasteiger charge is -2.34.